The number of nitrogens with one attached hydrogen (secondary N) is 2. The lowest BCUT2D eigenvalue weighted by Gasteiger charge is -2.47. The Morgan fingerprint density at radius 2 is 1.63 bits per heavy atom. The van der Waals surface area contributed by atoms with E-state index in [1.165, 1.54) is 12.1 Å². The van der Waals surface area contributed by atoms with Gasteiger partial charge in [-0.05, 0) is 55.7 Å². The average molecular weight is 647 g/mol. The number of rotatable bonds is 8. The molecule has 236 valence electrons. The van der Waals surface area contributed by atoms with Crippen LogP contribution in [0.4, 0.5) is 18.9 Å². The van der Waals surface area contributed by atoms with Crippen molar-refractivity contribution < 1.29 is 46.5 Å². The van der Waals surface area contributed by atoms with E-state index < -0.39 is 79.9 Å². The molecule has 5 N–H and O–H groups in total. The van der Waals surface area contributed by atoms with Gasteiger partial charge in [-0.1, -0.05) is 31.9 Å². The molecule has 2 fully saturated rings. The zero-order valence-electron chi connectivity index (χ0n) is 23.5. The summed E-state index contributed by atoms with van der Waals surface area (Å²) in [4.78, 5) is 25.1. The smallest absolute Gasteiger partial charge is 0.255 e. The summed E-state index contributed by atoms with van der Waals surface area (Å²) in [6.07, 6.45) is -1.32. The van der Waals surface area contributed by atoms with Crippen molar-refractivity contribution in [3.63, 3.8) is 0 Å². The molecule has 2 aliphatic carbocycles. The van der Waals surface area contributed by atoms with Crippen LogP contribution in [0.5, 0.6) is 0 Å². The van der Waals surface area contributed by atoms with Crippen LogP contribution in [0.1, 0.15) is 56.3 Å². The van der Waals surface area contributed by atoms with Crippen LogP contribution in [-0.4, -0.2) is 65.2 Å². The normalized spacial score (nSPS) is 29.3. The lowest BCUT2D eigenvalue weighted by Crippen LogP contribution is -2.58. The number of hydrogen-bond donors (Lipinski definition) is 5. The molecule has 2 aromatic carbocycles. The maximum absolute atomic E-state index is 13.8. The van der Waals surface area contributed by atoms with E-state index in [4.69, 9.17) is 11.6 Å². The van der Waals surface area contributed by atoms with Gasteiger partial charge >= 0.3 is 0 Å². The van der Waals surface area contributed by atoms with Crippen molar-refractivity contribution in [2.75, 3.05) is 11.9 Å². The predicted octanol–water partition coefficient (Wildman–Crippen LogP) is 3.59. The van der Waals surface area contributed by atoms with Gasteiger partial charge in [0.1, 0.15) is 0 Å². The molecule has 14 heteroatoms. The maximum atomic E-state index is 13.8. The van der Waals surface area contributed by atoms with Gasteiger partial charge in [-0.3, -0.25) is 9.59 Å². The van der Waals surface area contributed by atoms with Crippen molar-refractivity contribution in [3.8, 4) is 0 Å². The van der Waals surface area contributed by atoms with E-state index in [-0.39, 0.29) is 53.4 Å². The third-order valence-corrected chi connectivity index (χ3v) is 11.5. The minimum atomic E-state index is -4.16. The molecule has 0 aromatic heterocycles. The summed E-state index contributed by atoms with van der Waals surface area (Å²) in [5.74, 6) is -7.77. The number of aliphatic hydroxyl groups is 3. The number of carbonyl (C=O) groups is 2. The largest absolute Gasteiger partial charge is 0.390 e. The predicted molar refractivity (Wildman–Crippen MR) is 152 cm³/mol. The molecule has 9 nitrogen and oxygen atoms in total. The minimum Gasteiger partial charge on any atom is -0.390 e. The molecule has 7 atom stereocenters. The van der Waals surface area contributed by atoms with Crippen molar-refractivity contribution in [1.29, 1.82) is 0 Å². The number of hydrogen-bond acceptors (Lipinski definition) is 7. The first-order chi connectivity index (χ1) is 20.1. The van der Waals surface area contributed by atoms with E-state index in [0.29, 0.717) is 18.6 Å². The fourth-order valence-electron chi connectivity index (χ4n) is 6.16. The number of amides is 2. The number of sulfone groups is 1. The molecule has 2 amide bonds. The molecule has 0 saturated heterocycles. The first kappa shape index (κ1) is 33.2. The number of halogens is 4. The number of aliphatic hydroxyl groups excluding tert-OH is 2. The van der Waals surface area contributed by atoms with Crippen LogP contribution < -0.4 is 10.6 Å². The van der Waals surface area contributed by atoms with Gasteiger partial charge in [0.25, 0.3) is 5.91 Å². The molecular formula is C29H34ClF3N2O7S. The van der Waals surface area contributed by atoms with Crippen molar-refractivity contribution in [2.45, 2.75) is 73.9 Å². The van der Waals surface area contributed by atoms with Crippen molar-refractivity contribution >= 4 is 38.9 Å². The van der Waals surface area contributed by atoms with Gasteiger partial charge in [0.05, 0.1) is 33.0 Å². The fourth-order valence-corrected chi connectivity index (χ4v) is 8.62. The van der Waals surface area contributed by atoms with Gasteiger partial charge in [0.2, 0.25) is 5.91 Å². The fraction of sp³-hybridized carbons (Fsp3) is 0.517. The average Bonchev–Trinajstić information content (AvgIpc) is 3.29. The van der Waals surface area contributed by atoms with Crippen LogP contribution in [-0.2, 0) is 14.6 Å². The molecule has 43 heavy (non-hydrogen) atoms. The molecule has 2 aliphatic rings. The maximum Gasteiger partial charge on any atom is 0.255 e. The highest BCUT2D eigenvalue weighted by atomic mass is 35.5. The third kappa shape index (κ3) is 6.70. The number of carbonyl (C=O) groups excluding carboxylic acids is 2. The second kappa shape index (κ2) is 12.7. The summed E-state index contributed by atoms with van der Waals surface area (Å²) in [7, 11) is -4.16. The topological polar surface area (TPSA) is 153 Å². The Hall–Kier alpha value is -2.71. The molecule has 1 unspecified atom stereocenters. The molecule has 0 spiro atoms. The van der Waals surface area contributed by atoms with Gasteiger partial charge < -0.3 is 26.0 Å². The van der Waals surface area contributed by atoms with Crippen LogP contribution in [0, 0.1) is 35.2 Å². The minimum absolute atomic E-state index is 0.0208. The third-order valence-electron chi connectivity index (χ3n) is 8.81. The van der Waals surface area contributed by atoms with Crippen molar-refractivity contribution in [2.24, 2.45) is 17.8 Å². The molecule has 4 rings (SSSR count). The molecule has 0 radical (unpaired) electrons. The standard InChI is InChI=1S/C29H34ClF3N2O7S/c1-3-17-10-19(6-14(2)29(17,40)13-34-27(38)16-7-23(36)24(37)8-16)43(41,42)25-9-15(4-5-20(25)30)28(39)35-18-11-21(31)26(33)22(32)12-18/h4-5,9,11-12,14,16-17,19,23-24,36-37,40H,3,6-8,10,13H2,1-2H3,(H,34,38)(H,35,39)/t14-,16-,17?,19-,23-,24+,29-/m0/s1. The van der Waals surface area contributed by atoms with Gasteiger partial charge in [-0.15, -0.1) is 0 Å². The number of anilines is 1. The van der Waals surface area contributed by atoms with Crippen molar-refractivity contribution in [1.82, 2.24) is 5.32 Å². The van der Waals surface area contributed by atoms with Crippen molar-refractivity contribution in [3.05, 3.63) is 58.4 Å². The highest BCUT2D eigenvalue weighted by Gasteiger charge is 2.50. The molecule has 2 saturated carbocycles. The molecular weight excluding hydrogens is 613 g/mol. The summed E-state index contributed by atoms with van der Waals surface area (Å²) in [6.45, 7) is 3.34. The summed E-state index contributed by atoms with van der Waals surface area (Å²) in [5.41, 5.74) is -1.98. The van der Waals surface area contributed by atoms with Gasteiger partial charge in [0, 0.05) is 35.8 Å². The first-order valence-corrected chi connectivity index (χ1v) is 15.9. The quantitative estimate of drug-likeness (QED) is 0.275. The highest BCUT2D eigenvalue weighted by molar-refractivity contribution is 7.92. The first-order valence-electron chi connectivity index (χ1n) is 13.9. The molecule has 2 aromatic rings. The Morgan fingerprint density at radius 1 is 1.02 bits per heavy atom. The Bertz CT molecular complexity index is 1480. The molecule has 0 heterocycles. The van der Waals surface area contributed by atoms with E-state index >= 15 is 0 Å². The van der Waals surface area contributed by atoms with E-state index in [1.807, 2.05) is 0 Å². The van der Waals surface area contributed by atoms with E-state index in [1.54, 1.807) is 13.8 Å². The number of benzene rings is 2. The second-order valence-electron chi connectivity index (χ2n) is 11.5. The lowest BCUT2D eigenvalue weighted by molar-refractivity contribution is -0.130. The van der Waals surface area contributed by atoms with Crippen LogP contribution in [0.3, 0.4) is 0 Å². The van der Waals surface area contributed by atoms with Gasteiger partial charge in [-0.25, -0.2) is 21.6 Å². The molecule has 0 aliphatic heterocycles. The van der Waals surface area contributed by atoms with Crippen LogP contribution in [0.2, 0.25) is 5.02 Å². The monoisotopic (exact) mass is 646 g/mol. The highest BCUT2D eigenvalue weighted by Crippen LogP contribution is 2.44. The Morgan fingerprint density at radius 3 is 2.21 bits per heavy atom. The zero-order valence-corrected chi connectivity index (χ0v) is 25.1. The Labute approximate surface area is 252 Å². The van der Waals surface area contributed by atoms with Gasteiger partial charge in [0.15, 0.2) is 27.3 Å². The van der Waals surface area contributed by atoms with Gasteiger partial charge in [-0.2, -0.15) is 0 Å². The van der Waals surface area contributed by atoms with E-state index in [9.17, 15) is 46.5 Å². The summed E-state index contributed by atoms with van der Waals surface area (Å²) in [6, 6.07) is 4.67. The van der Waals surface area contributed by atoms with E-state index in [0.717, 1.165) is 6.07 Å². The second-order valence-corrected chi connectivity index (χ2v) is 14.1. The van der Waals surface area contributed by atoms with E-state index in [2.05, 4.69) is 10.6 Å². The van der Waals surface area contributed by atoms with Crippen LogP contribution in [0.15, 0.2) is 35.2 Å². The lowest BCUT2D eigenvalue weighted by atomic mass is 9.67. The summed E-state index contributed by atoms with van der Waals surface area (Å²) >= 11 is 6.27. The SMILES string of the molecule is CCC1C[C@@H](S(=O)(=O)c2cc(C(=O)Nc3cc(F)c(F)c(F)c3)ccc2Cl)C[C@H](C)[C@@]1(O)CNC(=O)[C@@H]1C[C@@H](O)[C@@H](O)C1. The Balaban J connectivity index is 1.51. The summed E-state index contributed by atoms with van der Waals surface area (Å²) < 4.78 is 68.1. The Kier molecular flexibility index (Phi) is 9.82. The zero-order chi connectivity index (χ0) is 31.9. The molecule has 0 bridgehead atoms. The van der Waals surface area contributed by atoms with Crippen LogP contribution in [0.25, 0.3) is 0 Å². The summed E-state index contributed by atoms with van der Waals surface area (Å²) in [5, 5.41) is 35.0. The van der Waals surface area contributed by atoms with Crippen LogP contribution >= 0.6 is 11.6 Å².